The second-order valence-electron chi connectivity index (χ2n) is 15.7. The molecule has 0 radical (unpaired) electrons. The molecule has 68 heavy (non-hydrogen) atoms. The van der Waals surface area contributed by atoms with Gasteiger partial charge in [0.15, 0.2) is 0 Å². The van der Waals surface area contributed by atoms with Crippen LogP contribution in [0.15, 0.2) is 34.9 Å². The average molecular weight is 1010 g/mol. The summed E-state index contributed by atoms with van der Waals surface area (Å²) >= 11 is 0. The van der Waals surface area contributed by atoms with E-state index in [0.717, 1.165) is 18.2 Å². The van der Waals surface area contributed by atoms with Gasteiger partial charge in [0.05, 0.1) is 19.8 Å². The van der Waals surface area contributed by atoms with E-state index in [1.54, 1.807) is 20.8 Å². The van der Waals surface area contributed by atoms with E-state index in [-0.39, 0.29) is 101 Å². The minimum Gasteiger partial charge on any atom is -0.396 e. The molecule has 0 spiro atoms. The summed E-state index contributed by atoms with van der Waals surface area (Å²) in [5, 5.41) is 93.2. The number of carbonyl (C=O) groups excluding carboxylic acids is 9. The topological polar surface area (TPSA) is 397 Å². The fourth-order valence-corrected chi connectivity index (χ4v) is 6.09. The van der Waals surface area contributed by atoms with Crippen LogP contribution in [0, 0.1) is 0 Å². The van der Waals surface area contributed by atoms with Gasteiger partial charge in [-0.15, -0.1) is 0 Å². The van der Waals surface area contributed by atoms with Crippen LogP contribution in [-0.2, 0) is 60.2 Å². The van der Waals surface area contributed by atoms with Crippen LogP contribution >= 0.6 is 0 Å². The van der Waals surface area contributed by atoms with Gasteiger partial charge in [0.2, 0.25) is 35.4 Å². The molecular weight excluding hydrogens is 946 g/mol. The van der Waals surface area contributed by atoms with Crippen LogP contribution in [0.3, 0.4) is 0 Å². The summed E-state index contributed by atoms with van der Waals surface area (Å²) in [6, 6.07) is -8.34. The molecule has 26 nitrogen and oxygen atoms in total. The van der Waals surface area contributed by atoms with Crippen LogP contribution in [0.1, 0.15) is 78.6 Å². The molecule has 0 saturated carbocycles. The van der Waals surface area contributed by atoms with Gasteiger partial charge in [-0.2, -0.15) is 0 Å². The number of carbonyl (C=O) groups is 9. The average Bonchev–Trinajstić information content (AvgIpc) is 3.27. The van der Waals surface area contributed by atoms with Crippen molar-refractivity contribution in [2.24, 2.45) is 0 Å². The summed E-state index contributed by atoms with van der Waals surface area (Å²) in [5.74, 6) is -9.06. The van der Waals surface area contributed by atoms with E-state index in [1.807, 2.05) is 0 Å². The third-order valence-corrected chi connectivity index (χ3v) is 9.95. The molecular formula is C41H67FeN9O17. The van der Waals surface area contributed by atoms with Gasteiger partial charge in [-0.1, -0.05) is 16.7 Å². The molecule has 0 aromatic rings. The van der Waals surface area contributed by atoms with Gasteiger partial charge in [0.1, 0.15) is 30.2 Å². The van der Waals surface area contributed by atoms with Crippen molar-refractivity contribution in [3.8, 4) is 0 Å². The van der Waals surface area contributed by atoms with E-state index in [2.05, 4.69) is 31.9 Å². The van der Waals surface area contributed by atoms with E-state index < -0.39 is 116 Å². The summed E-state index contributed by atoms with van der Waals surface area (Å²) in [6.45, 7) is -0.261. The normalized spacial score (nSPS) is 20.5. The molecule has 14 N–H and O–H groups in total. The first-order chi connectivity index (χ1) is 31.7. The zero-order chi connectivity index (χ0) is 50.6. The Morgan fingerprint density at radius 1 is 0.485 bits per heavy atom. The van der Waals surface area contributed by atoms with Crippen molar-refractivity contribution in [3.05, 3.63) is 34.9 Å². The summed E-state index contributed by atoms with van der Waals surface area (Å²) in [7, 11) is 0. The van der Waals surface area contributed by atoms with Crippen molar-refractivity contribution in [1.29, 1.82) is 0 Å². The number of nitrogens with zero attached hydrogens (tertiary/aromatic N) is 3. The minimum absolute atomic E-state index is 0. The molecule has 0 bridgehead atoms. The van der Waals surface area contributed by atoms with E-state index >= 15 is 0 Å². The molecule has 1 fully saturated rings. The van der Waals surface area contributed by atoms with Gasteiger partial charge >= 0.3 is 0 Å². The Kier molecular flexibility index (Phi) is 31.3. The van der Waals surface area contributed by atoms with Crippen molar-refractivity contribution in [1.82, 2.24) is 47.1 Å². The first-order valence-electron chi connectivity index (χ1n) is 21.6. The van der Waals surface area contributed by atoms with Crippen LogP contribution in [0.5, 0.6) is 0 Å². The molecule has 1 rings (SSSR count). The van der Waals surface area contributed by atoms with Crippen molar-refractivity contribution < 1.29 is 101 Å². The summed E-state index contributed by atoms with van der Waals surface area (Å²) in [5.41, 5.74) is 1.34. The molecule has 0 aliphatic carbocycles. The Bertz CT molecular complexity index is 1800. The van der Waals surface area contributed by atoms with Gasteiger partial charge in [-0.3, -0.25) is 58.8 Å². The predicted molar refractivity (Wildman–Crippen MR) is 231 cm³/mol. The third kappa shape index (κ3) is 24.1. The van der Waals surface area contributed by atoms with E-state index in [1.165, 1.54) is 0 Å². The number of nitrogens with one attached hydrogen (secondary N) is 6. The molecule has 0 aromatic carbocycles. The largest absolute Gasteiger partial charge is 0.396 e. The van der Waals surface area contributed by atoms with Gasteiger partial charge in [0, 0.05) is 74.8 Å². The summed E-state index contributed by atoms with van der Waals surface area (Å²) < 4.78 is 0. The molecule has 27 heteroatoms. The van der Waals surface area contributed by atoms with Crippen molar-refractivity contribution in [2.75, 3.05) is 59.2 Å². The quantitative estimate of drug-likeness (QED) is 0.0199. The second kappa shape index (κ2) is 34.0. The zero-order valence-electron chi connectivity index (χ0n) is 38.3. The van der Waals surface area contributed by atoms with Gasteiger partial charge < -0.3 is 57.4 Å². The molecule has 5 unspecified atom stereocenters. The maximum absolute atomic E-state index is 14.1. The standard InChI is InChI=1S/C41H67N9O17.Fe/c1-25(10-16-51)19-34(57)48(65)13-4-7-28-38(61)44-29(8-5-14-49(66)35(58)20-26(2)11-17-52)39(62)45-30(9-6-15-50(67)36(59)21-27(3)12-18-53)40(63)47-32(24-55)41(64)46-31(23-54)37(60)42-22-33(56)43-28;/h19-21,28-32,51-55,65-67H,4-18,22-24H2,1-3H3,(H,42,60)(H,43,56)(H,44,61)(H,45,62)(H,46,64)(H,47,63);/b25-19+,26-20+,27-21+;. The minimum atomic E-state index is -1.79. The van der Waals surface area contributed by atoms with Crippen LogP contribution in [-0.4, -0.2) is 199 Å². The SMILES string of the molecule is C/C(=C\C(=O)N(O)CCCC1NC(=O)CNC(=O)C(CO)NC(=O)C(CO)NC(=O)C(CCCN(O)C(=O)/C=C(\C)CCO)NC(=O)C(CCCN(O)C(=O)/C=C(\C)CCO)NC1=O)CCO.[Fe]. The molecule has 0 aromatic heterocycles. The van der Waals surface area contributed by atoms with Crippen molar-refractivity contribution in [3.63, 3.8) is 0 Å². The fraction of sp³-hybridized carbons (Fsp3) is 0.634. The Labute approximate surface area is 403 Å². The molecule has 1 aliphatic heterocycles. The maximum Gasteiger partial charge on any atom is 0.269 e. The zero-order valence-corrected chi connectivity index (χ0v) is 39.4. The number of aliphatic hydroxyl groups is 5. The van der Waals surface area contributed by atoms with Gasteiger partial charge in [0.25, 0.3) is 17.7 Å². The number of hydroxylamine groups is 6. The van der Waals surface area contributed by atoms with Gasteiger partial charge in [-0.25, -0.2) is 15.2 Å². The van der Waals surface area contributed by atoms with E-state index in [9.17, 15) is 69.0 Å². The van der Waals surface area contributed by atoms with Crippen LogP contribution in [0.4, 0.5) is 0 Å². The van der Waals surface area contributed by atoms with Crippen molar-refractivity contribution >= 4 is 53.2 Å². The molecule has 1 aliphatic rings. The Morgan fingerprint density at radius 2 is 0.765 bits per heavy atom. The molecule has 1 heterocycles. The smallest absolute Gasteiger partial charge is 0.269 e. The number of aliphatic hydroxyl groups excluding tert-OH is 5. The summed E-state index contributed by atoms with van der Waals surface area (Å²) in [4.78, 5) is 119. The number of rotatable bonds is 23. The van der Waals surface area contributed by atoms with Crippen LogP contribution < -0.4 is 31.9 Å². The molecule has 1 saturated heterocycles. The molecule has 9 amide bonds. The third-order valence-electron chi connectivity index (χ3n) is 9.95. The Balaban J connectivity index is 0.0000449. The Morgan fingerprint density at radius 3 is 1.07 bits per heavy atom. The molecule has 5 atom stereocenters. The number of hydrogen-bond donors (Lipinski definition) is 14. The van der Waals surface area contributed by atoms with Crippen molar-refractivity contribution in [2.45, 2.75) is 109 Å². The first kappa shape index (κ1) is 62.6. The van der Waals surface area contributed by atoms with Crippen LogP contribution in [0.25, 0.3) is 0 Å². The molecule has 386 valence electrons. The number of amides is 9. The first-order valence-corrected chi connectivity index (χ1v) is 21.6. The monoisotopic (exact) mass is 1010 g/mol. The van der Waals surface area contributed by atoms with Gasteiger partial charge in [-0.05, 0) is 78.6 Å². The number of hydrogen-bond acceptors (Lipinski definition) is 17. The summed E-state index contributed by atoms with van der Waals surface area (Å²) in [6.07, 6.45) is 2.08. The fourth-order valence-electron chi connectivity index (χ4n) is 6.09. The van der Waals surface area contributed by atoms with E-state index in [4.69, 9.17) is 15.3 Å². The van der Waals surface area contributed by atoms with E-state index in [0.29, 0.717) is 31.9 Å². The maximum atomic E-state index is 14.1. The Hall–Kier alpha value is -5.35. The second-order valence-corrected chi connectivity index (χ2v) is 15.7. The van der Waals surface area contributed by atoms with Crippen LogP contribution in [0.2, 0.25) is 0 Å². The predicted octanol–water partition coefficient (Wildman–Crippen LogP) is -4.50.